The van der Waals surface area contributed by atoms with E-state index in [-0.39, 0.29) is 12.1 Å². The zero-order chi connectivity index (χ0) is 17.4. The second kappa shape index (κ2) is 9.59. The number of rotatable bonds is 7. The van der Waals surface area contributed by atoms with Crippen molar-refractivity contribution in [3.8, 4) is 0 Å². The first-order chi connectivity index (χ1) is 11.6. The van der Waals surface area contributed by atoms with Crippen LogP contribution in [0.5, 0.6) is 0 Å². The van der Waals surface area contributed by atoms with Crippen LogP contribution in [0.15, 0.2) is 24.5 Å². The first-order valence-electron chi connectivity index (χ1n) is 8.79. The highest BCUT2D eigenvalue weighted by Gasteiger charge is 2.23. The third-order valence-corrected chi connectivity index (χ3v) is 4.63. The Kier molecular flexibility index (Phi) is 7.46. The average Bonchev–Trinajstić information content (AvgIpc) is 2.61. The molecule has 0 bridgehead atoms. The predicted molar refractivity (Wildman–Crippen MR) is 94.8 cm³/mol. The fraction of sp³-hybridized carbons (Fsp3) is 0.667. The minimum atomic E-state index is 0.0426. The van der Waals surface area contributed by atoms with E-state index in [1.165, 1.54) is 0 Å². The van der Waals surface area contributed by atoms with E-state index in [2.05, 4.69) is 22.1 Å². The van der Waals surface area contributed by atoms with E-state index < -0.39 is 0 Å². The fourth-order valence-corrected chi connectivity index (χ4v) is 2.93. The normalized spacial score (nSPS) is 17.1. The van der Waals surface area contributed by atoms with Crippen LogP contribution >= 0.6 is 0 Å². The van der Waals surface area contributed by atoms with Crippen LogP contribution in [0.2, 0.25) is 0 Å². The molecule has 1 aliphatic heterocycles. The molecule has 1 aromatic heterocycles. The maximum atomic E-state index is 12.3. The number of aromatic nitrogens is 1. The molecule has 0 aromatic carbocycles. The van der Waals surface area contributed by atoms with Crippen LogP contribution in [0.1, 0.15) is 31.7 Å². The van der Waals surface area contributed by atoms with Crippen molar-refractivity contribution < 1.29 is 9.53 Å². The molecule has 0 aliphatic carbocycles. The second-order valence-electron chi connectivity index (χ2n) is 6.57. The lowest BCUT2D eigenvalue weighted by atomic mass is 10.1. The number of pyridine rings is 1. The summed E-state index contributed by atoms with van der Waals surface area (Å²) < 4.78 is 5.94. The number of nitrogens with zero attached hydrogens (tertiary/aromatic N) is 3. The Hall–Kier alpha value is -1.66. The molecule has 0 unspecified atom stereocenters. The third-order valence-electron chi connectivity index (χ3n) is 4.63. The maximum absolute atomic E-state index is 12.3. The highest BCUT2D eigenvalue weighted by molar-refractivity contribution is 5.74. The quantitative estimate of drug-likeness (QED) is 0.830. The van der Waals surface area contributed by atoms with Crippen molar-refractivity contribution >= 4 is 6.03 Å². The highest BCUT2D eigenvalue weighted by atomic mass is 16.5. The molecule has 2 rings (SSSR count). The monoisotopic (exact) mass is 334 g/mol. The van der Waals surface area contributed by atoms with E-state index in [1.807, 2.05) is 37.3 Å². The fourth-order valence-electron chi connectivity index (χ4n) is 2.93. The summed E-state index contributed by atoms with van der Waals surface area (Å²) in [6, 6.07) is 4.36. The van der Waals surface area contributed by atoms with Gasteiger partial charge in [-0.05, 0) is 45.0 Å². The number of nitrogens with one attached hydrogen (secondary N) is 1. The molecule has 1 aromatic rings. The Bertz CT molecular complexity index is 487. The number of amides is 2. The number of likely N-dealkylation sites (tertiary alicyclic amines) is 1. The standard InChI is InChI=1S/C18H30N4O2/c1-4-16(21(2)3)13-20-18(23)22-10-7-17(8-11-22)24-14-15-6-5-9-19-12-15/h5-6,9,12,16-17H,4,7-8,10-11,13-14H2,1-3H3,(H,20,23)/t16-/m1/s1. The Morgan fingerprint density at radius 2 is 2.21 bits per heavy atom. The van der Waals surface area contributed by atoms with Crippen LogP contribution in [0.3, 0.4) is 0 Å². The Morgan fingerprint density at radius 3 is 2.79 bits per heavy atom. The van der Waals surface area contributed by atoms with Gasteiger partial charge in [0.15, 0.2) is 0 Å². The van der Waals surface area contributed by atoms with E-state index in [4.69, 9.17) is 4.74 Å². The summed E-state index contributed by atoms with van der Waals surface area (Å²) in [7, 11) is 4.09. The number of likely N-dealkylation sites (N-methyl/N-ethyl adjacent to an activating group) is 1. The summed E-state index contributed by atoms with van der Waals surface area (Å²) in [4.78, 5) is 20.4. The van der Waals surface area contributed by atoms with Crippen LogP contribution in [-0.2, 0) is 11.3 Å². The van der Waals surface area contributed by atoms with Gasteiger partial charge in [-0.25, -0.2) is 4.79 Å². The predicted octanol–water partition coefficient (Wildman–Crippen LogP) is 2.11. The molecular formula is C18H30N4O2. The van der Waals surface area contributed by atoms with E-state index in [9.17, 15) is 4.79 Å². The summed E-state index contributed by atoms with van der Waals surface area (Å²) in [6.07, 6.45) is 6.62. The first kappa shape index (κ1) is 18.7. The molecule has 6 nitrogen and oxygen atoms in total. The molecule has 6 heteroatoms. The van der Waals surface area contributed by atoms with Crippen molar-refractivity contribution in [3.63, 3.8) is 0 Å². The molecule has 24 heavy (non-hydrogen) atoms. The zero-order valence-electron chi connectivity index (χ0n) is 15.1. The molecule has 1 fully saturated rings. The molecule has 0 spiro atoms. The van der Waals surface area contributed by atoms with Crippen molar-refractivity contribution in [2.24, 2.45) is 0 Å². The van der Waals surface area contributed by atoms with Gasteiger partial charge in [-0.1, -0.05) is 13.0 Å². The summed E-state index contributed by atoms with van der Waals surface area (Å²) in [5.74, 6) is 0. The molecule has 2 heterocycles. The van der Waals surface area contributed by atoms with Gasteiger partial charge in [0.05, 0.1) is 12.7 Å². The molecule has 1 saturated heterocycles. The summed E-state index contributed by atoms with van der Waals surface area (Å²) in [6.45, 7) is 4.93. The molecular weight excluding hydrogens is 304 g/mol. The van der Waals surface area contributed by atoms with Crippen LogP contribution in [-0.4, -0.2) is 66.7 Å². The summed E-state index contributed by atoms with van der Waals surface area (Å²) >= 11 is 0. The van der Waals surface area contributed by atoms with Crippen LogP contribution in [0.4, 0.5) is 4.79 Å². The Balaban J connectivity index is 1.67. The summed E-state index contributed by atoms with van der Waals surface area (Å²) in [5.41, 5.74) is 1.09. The number of carbonyl (C=O) groups excluding carboxylic acids is 1. The van der Waals surface area contributed by atoms with Gasteiger partial charge in [-0.2, -0.15) is 0 Å². The molecule has 1 N–H and O–H groups in total. The lowest BCUT2D eigenvalue weighted by molar-refractivity contribution is 0.00428. The Labute approximate surface area is 145 Å². The SMILES string of the molecule is CC[C@H](CNC(=O)N1CCC(OCc2cccnc2)CC1)N(C)C. The van der Waals surface area contributed by atoms with Crippen LogP contribution in [0.25, 0.3) is 0 Å². The number of carbonyl (C=O) groups is 1. The van der Waals surface area contributed by atoms with E-state index in [1.54, 1.807) is 6.20 Å². The van der Waals surface area contributed by atoms with Gasteiger partial charge in [0.1, 0.15) is 0 Å². The number of hydrogen-bond donors (Lipinski definition) is 1. The maximum Gasteiger partial charge on any atom is 0.317 e. The molecule has 2 amide bonds. The van der Waals surface area contributed by atoms with Crippen molar-refractivity contribution in [1.29, 1.82) is 0 Å². The van der Waals surface area contributed by atoms with Gasteiger partial charge >= 0.3 is 6.03 Å². The lowest BCUT2D eigenvalue weighted by Crippen LogP contribution is -2.49. The molecule has 1 atom stereocenters. The molecule has 1 aliphatic rings. The average molecular weight is 334 g/mol. The van der Waals surface area contributed by atoms with Crippen LogP contribution < -0.4 is 5.32 Å². The number of urea groups is 1. The minimum absolute atomic E-state index is 0.0426. The smallest absolute Gasteiger partial charge is 0.317 e. The van der Waals surface area contributed by atoms with Gasteiger partial charge in [-0.3, -0.25) is 4.98 Å². The zero-order valence-corrected chi connectivity index (χ0v) is 15.1. The first-order valence-corrected chi connectivity index (χ1v) is 8.79. The van der Waals surface area contributed by atoms with Crippen molar-refractivity contribution in [3.05, 3.63) is 30.1 Å². The van der Waals surface area contributed by atoms with Crippen LogP contribution in [0, 0.1) is 0 Å². The second-order valence-corrected chi connectivity index (χ2v) is 6.57. The molecule has 0 saturated carbocycles. The van der Waals surface area contributed by atoms with Gasteiger partial charge in [0, 0.05) is 38.1 Å². The largest absolute Gasteiger partial charge is 0.373 e. The number of hydrogen-bond acceptors (Lipinski definition) is 4. The summed E-state index contributed by atoms with van der Waals surface area (Å²) in [5, 5.41) is 3.05. The number of ether oxygens (including phenoxy) is 1. The van der Waals surface area contributed by atoms with Crippen molar-refractivity contribution in [1.82, 2.24) is 20.1 Å². The Morgan fingerprint density at radius 1 is 1.46 bits per heavy atom. The van der Waals surface area contributed by atoms with E-state index in [0.717, 1.165) is 37.9 Å². The van der Waals surface area contributed by atoms with Gasteiger partial charge in [-0.15, -0.1) is 0 Å². The third kappa shape index (κ3) is 5.76. The molecule has 134 valence electrons. The van der Waals surface area contributed by atoms with E-state index in [0.29, 0.717) is 19.2 Å². The van der Waals surface area contributed by atoms with Gasteiger partial charge in [0.2, 0.25) is 0 Å². The number of piperidine rings is 1. The minimum Gasteiger partial charge on any atom is -0.373 e. The lowest BCUT2D eigenvalue weighted by Gasteiger charge is -2.33. The molecule has 0 radical (unpaired) electrons. The van der Waals surface area contributed by atoms with Crippen molar-refractivity contribution in [2.45, 2.75) is 44.9 Å². The van der Waals surface area contributed by atoms with E-state index >= 15 is 0 Å². The topological polar surface area (TPSA) is 57.7 Å². The highest BCUT2D eigenvalue weighted by Crippen LogP contribution is 2.15. The van der Waals surface area contributed by atoms with Gasteiger partial charge < -0.3 is 19.9 Å². The van der Waals surface area contributed by atoms with Gasteiger partial charge in [0.25, 0.3) is 0 Å². The van der Waals surface area contributed by atoms with Crippen molar-refractivity contribution in [2.75, 3.05) is 33.7 Å².